The summed E-state index contributed by atoms with van der Waals surface area (Å²) in [7, 11) is 3.27. The standard InChI is InChI=1S/C18H21NO3/c1-19-8-7-18-11-4-5-13(20)17(18)22-16-14(21-2)6-3-10(15(16)18)9-12(11)19/h3-6,11-13,17,20H,7-9H2,1-2H3/t11-,12+,13?,17?,18-/m0/s1/i3D,6D,11D,12D. The quantitative estimate of drug-likeness (QED) is 0.799. The van der Waals surface area contributed by atoms with Crippen molar-refractivity contribution < 1.29 is 20.1 Å². The molecule has 1 spiro atoms. The van der Waals surface area contributed by atoms with Crippen LogP contribution in [0.25, 0.3) is 0 Å². The van der Waals surface area contributed by atoms with Gasteiger partial charge in [-0.3, -0.25) is 0 Å². The maximum Gasteiger partial charge on any atom is 0.165 e. The highest BCUT2D eigenvalue weighted by Gasteiger charge is 2.64. The summed E-state index contributed by atoms with van der Waals surface area (Å²) >= 11 is 0. The lowest BCUT2D eigenvalue weighted by molar-refractivity contribution is -0.0453. The van der Waals surface area contributed by atoms with Gasteiger partial charge in [0.15, 0.2) is 11.5 Å². The van der Waals surface area contributed by atoms with Gasteiger partial charge in [0, 0.05) is 25.6 Å². The molecule has 1 fully saturated rings. The summed E-state index contributed by atoms with van der Waals surface area (Å²) < 4.78 is 47.0. The number of hydrogen-bond donors (Lipinski definition) is 1. The largest absolute Gasteiger partial charge is 0.493 e. The Morgan fingerprint density at radius 3 is 3.18 bits per heavy atom. The molecule has 1 aromatic carbocycles. The molecular weight excluding hydrogens is 278 g/mol. The van der Waals surface area contributed by atoms with Gasteiger partial charge in [-0.2, -0.15) is 0 Å². The second-order valence-electron chi connectivity index (χ2n) is 6.53. The Hall–Kier alpha value is -1.52. The number of likely N-dealkylation sites (N-methyl/N-ethyl adjacent to an activating group) is 1. The first-order valence-corrected chi connectivity index (χ1v) is 7.69. The fraction of sp³-hybridized carbons (Fsp3) is 0.556. The molecule has 0 saturated carbocycles. The molecule has 2 aliphatic heterocycles. The Labute approximate surface area is 135 Å². The molecule has 5 rings (SSSR count). The lowest BCUT2D eigenvalue weighted by Crippen LogP contribution is -2.64. The van der Waals surface area contributed by atoms with Crippen molar-refractivity contribution >= 4 is 0 Å². The average molecular weight is 303 g/mol. The number of rotatable bonds is 1. The van der Waals surface area contributed by atoms with E-state index in [2.05, 4.69) is 0 Å². The van der Waals surface area contributed by atoms with E-state index in [1.165, 1.54) is 7.11 Å². The smallest absolute Gasteiger partial charge is 0.165 e. The van der Waals surface area contributed by atoms with E-state index >= 15 is 0 Å². The van der Waals surface area contributed by atoms with Gasteiger partial charge in [-0.05, 0) is 38.0 Å². The summed E-state index contributed by atoms with van der Waals surface area (Å²) in [5, 5.41) is 10.7. The highest BCUT2D eigenvalue weighted by atomic mass is 16.5. The van der Waals surface area contributed by atoms with Crippen molar-refractivity contribution in [3.8, 4) is 11.5 Å². The normalized spacial score (nSPS) is 50.3. The Morgan fingerprint density at radius 2 is 2.36 bits per heavy atom. The predicted molar refractivity (Wildman–Crippen MR) is 82.5 cm³/mol. The summed E-state index contributed by atoms with van der Waals surface area (Å²) in [6.07, 6.45) is 2.30. The van der Waals surface area contributed by atoms with E-state index in [1.807, 2.05) is 11.9 Å². The molecule has 1 saturated heterocycles. The summed E-state index contributed by atoms with van der Waals surface area (Å²) in [6.45, 7) is 0.599. The van der Waals surface area contributed by atoms with Crippen molar-refractivity contribution in [3.63, 3.8) is 0 Å². The van der Waals surface area contributed by atoms with Crippen LogP contribution in [0.2, 0.25) is 0 Å². The number of hydrogen-bond acceptors (Lipinski definition) is 4. The molecule has 22 heavy (non-hydrogen) atoms. The zero-order chi connectivity index (χ0) is 18.6. The van der Waals surface area contributed by atoms with Crippen LogP contribution in [0.3, 0.4) is 0 Å². The summed E-state index contributed by atoms with van der Waals surface area (Å²) in [5.41, 5.74) is 0.365. The molecule has 4 aliphatic rings. The van der Waals surface area contributed by atoms with E-state index in [4.69, 9.17) is 12.2 Å². The molecular formula is C18H21NO3. The van der Waals surface area contributed by atoms with Gasteiger partial charge in [-0.25, -0.2) is 0 Å². The van der Waals surface area contributed by atoms with Crippen LogP contribution in [0.1, 0.15) is 23.0 Å². The van der Waals surface area contributed by atoms with Gasteiger partial charge in [0.1, 0.15) is 12.2 Å². The van der Waals surface area contributed by atoms with Crippen LogP contribution in [0.4, 0.5) is 0 Å². The average Bonchev–Trinajstić information content (AvgIpc) is 2.95. The van der Waals surface area contributed by atoms with E-state index in [0.717, 1.165) is 0 Å². The minimum absolute atomic E-state index is 0.0299. The maximum absolute atomic E-state index is 10.7. The van der Waals surface area contributed by atoms with Crippen LogP contribution in [-0.4, -0.2) is 48.9 Å². The van der Waals surface area contributed by atoms with Crippen LogP contribution in [0, 0.1) is 5.89 Å². The molecule has 4 heteroatoms. The third-order valence-electron chi connectivity index (χ3n) is 5.65. The monoisotopic (exact) mass is 303 g/mol. The first-order chi connectivity index (χ1) is 12.2. The lowest BCUT2D eigenvalue weighted by Gasteiger charge is -2.56. The van der Waals surface area contributed by atoms with Gasteiger partial charge < -0.3 is 19.5 Å². The number of methoxy groups -OCH3 is 1. The molecule has 0 amide bonds. The van der Waals surface area contributed by atoms with Gasteiger partial charge in [0.25, 0.3) is 0 Å². The summed E-state index contributed by atoms with van der Waals surface area (Å²) in [4.78, 5) is 1.86. The van der Waals surface area contributed by atoms with Crippen LogP contribution >= 0.6 is 0 Å². The van der Waals surface area contributed by atoms with Crippen LogP contribution < -0.4 is 9.47 Å². The Bertz CT molecular complexity index is 877. The fourth-order valence-corrected chi connectivity index (χ4v) is 4.66. The van der Waals surface area contributed by atoms with Crippen molar-refractivity contribution in [1.29, 1.82) is 0 Å². The summed E-state index contributed by atoms with van der Waals surface area (Å²) in [5.74, 6) is -0.765. The van der Waals surface area contributed by atoms with E-state index in [1.54, 1.807) is 12.2 Å². The number of aliphatic hydroxyl groups is 1. The molecule has 0 aromatic heterocycles. The molecule has 1 aromatic rings. The molecule has 5 atom stereocenters. The topological polar surface area (TPSA) is 41.9 Å². The molecule has 2 bridgehead atoms. The Balaban J connectivity index is 1.95. The van der Waals surface area contributed by atoms with E-state index in [0.29, 0.717) is 29.8 Å². The molecule has 2 heterocycles. The Morgan fingerprint density at radius 1 is 1.50 bits per heavy atom. The first kappa shape index (κ1) is 9.58. The van der Waals surface area contributed by atoms with Crippen molar-refractivity contribution in [1.82, 2.24) is 4.90 Å². The number of likely N-dealkylation sites (tertiary alicyclic amines) is 1. The molecule has 1 N–H and O–H groups in total. The van der Waals surface area contributed by atoms with Crippen molar-refractivity contribution in [2.45, 2.75) is 36.5 Å². The van der Waals surface area contributed by atoms with Crippen LogP contribution in [-0.2, 0) is 11.8 Å². The molecule has 0 radical (unpaired) electrons. The van der Waals surface area contributed by atoms with Gasteiger partial charge in [-0.1, -0.05) is 18.2 Å². The minimum Gasteiger partial charge on any atom is -0.493 e. The zero-order valence-corrected chi connectivity index (χ0v) is 12.6. The van der Waals surface area contributed by atoms with Crippen molar-refractivity contribution in [2.24, 2.45) is 5.89 Å². The second-order valence-corrected chi connectivity index (χ2v) is 6.53. The molecule has 2 aliphatic carbocycles. The fourth-order valence-electron chi connectivity index (χ4n) is 4.66. The second kappa shape index (κ2) is 4.06. The van der Waals surface area contributed by atoms with E-state index in [9.17, 15) is 7.85 Å². The van der Waals surface area contributed by atoms with Gasteiger partial charge in [0.2, 0.25) is 0 Å². The van der Waals surface area contributed by atoms with Crippen molar-refractivity contribution in [3.05, 3.63) is 35.4 Å². The predicted octanol–water partition coefficient (Wildman–Crippen LogP) is 1.50. The lowest BCUT2D eigenvalue weighted by atomic mass is 9.53. The van der Waals surface area contributed by atoms with Crippen LogP contribution in [0.15, 0.2) is 24.2 Å². The number of piperidine rings is 1. The van der Waals surface area contributed by atoms with E-state index in [-0.39, 0.29) is 24.3 Å². The summed E-state index contributed by atoms with van der Waals surface area (Å²) in [6, 6.07) is -1.34. The number of ether oxygens (including phenoxy) is 2. The van der Waals surface area contributed by atoms with Crippen LogP contribution in [0.5, 0.6) is 11.5 Å². The maximum atomic E-state index is 10.7. The molecule has 116 valence electrons. The SMILES string of the molecule is [2H]c1c([2H])c(OC)c2c3c1C[C@@]1([2H])N(C)CC[C@@]34C(O2)C(O)C=C[C@]41[2H]. The highest BCUT2D eigenvalue weighted by molar-refractivity contribution is 5.62. The minimum atomic E-state index is -1.32. The van der Waals surface area contributed by atoms with Gasteiger partial charge in [-0.15, -0.1) is 0 Å². The third kappa shape index (κ3) is 1.28. The zero-order valence-electron chi connectivity index (χ0n) is 16.6. The Kier molecular flexibility index (Phi) is 1.77. The number of benzene rings is 1. The number of aliphatic hydroxyl groups excluding tert-OH is 1. The number of nitrogens with zero attached hydrogens (tertiary/aromatic N) is 1. The first-order valence-electron chi connectivity index (χ1n) is 9.69. The van der Waals surface area contributed by atoms with Gasteiger partial charge >= 0.3 is 0 Å². The molecule has 4 nitrogen and oxygen atoms in total. The van der Waals surface area contributed by atoms with E-state index < -0.39 is 29.5 Å². The van der Waals surface area contributed by atoms with Gasteiger partial charge in [0.05, 0.1) is 9.85 Å². The highest BCUT2D eigenvalue weighted by Crippen LogP contribution is 2.62. The molecule has 2 unspecified atom stereocenters. The third-order valence-corrected chi connectivity index (χ3v) is 5.65. The van der Waals surface area contributed by atoms with Crippen molar-refractivity contribution in [2.75, 3.05) is 20.7 Å².